The Morgan fingerprint density at radius 3 is 2.62 bits per heavy atom. The van der Waals surface area contributed by atoms with Gasteiger partial charge in [-0.05, 0) is 36.7 Å². The molecule has 0 atom stereocenters. The lowest BCUT2D eigenvalue weighted by molar-refractivity contribution is 0.194. The monoisotopic (exact) mass is 333 g/mol. The SMILES string of the molecule is COCCCNCc1ccc(OCc2ccccc2F)c(OC)c1. The zero-order valence-electron chi connectivity index (χ0n) is 14.2. The standard InChI is InChI=1S/C19H24FNO3/c1-22-11-5-10-21-13-15-8-9-18(19(12-15)23-2)24-14-16-6-3-4-7-17(16)20/h3-4,6-9,12,21H,5,10-11,13-14H2,1-2H3. The van der Waals surface area contributed by atoms with Crippen LogP contribution in [0.25, 0.3) is 0 Å². The Morgan fingerprint density at radius 2 is 1.88 bits per heavy atom. The van der Waals surface area contributed by atoms with Gasteiger partial charge in [-0.3, -0.25) is 0 Å². The number of rotatable bonds is 10. The molecule has 0 heterocycles. The van der Waals surface area contributed by atoms with Gasteiger partial charge in [0.1, 0.15) is 12.4 Å². The molecule has 130 valence electrons. The van der Waals surface area contributed by atoms with Gasteiger partial charge in [-0.15, -0.1) is 0 Å². The molecule has 0 aliphatic heterocycles. The summed E-state index contributed by atoms with van der Waals surface area (Å²) in [5.41, 5.74) is 1.62. The molecule has 0 aromatic heterocycles. The first-order valence-corrected chi connectivity index (χ1v) is 7.97. The van der Waals surface area contributed by atoms with Gasteiger partial charge in [0.15, 0.2) is 11.5 Å². The molecule has 0 unspecified atom stereocenters. The van der Waals surface area contributed by atoms with E-state index in [0.29, 0.717) is 17.1 Å². The number of halogens is 1. The van der Waals surface area contributed by atoms with Crippen molar-refractivity contribution in [1.29, 1.82) is 0 Å². The molecule has 1 N–H and O–H groups in total. The number of methoxy groups -OCH3 is 2. The van der Waals surface area contributed by atoms with Crippen LogP contribution in [0, 0.1) is 5.82 Å². The van der Waals surface area contributed by atoms with E-state index in [1.165, 1.54) is 6.07 Å². The van der Waals surface area contributed by atoms with Crippen molar-refractivity contribution >= 4 is 0 Å². The van der Waals surface area contributed by atoms with E-state index in [0.717, 1.165) is 31.7 Å². The summed E-state index contributed by atoms with van der Waals surface area (Å²) in [7, 11) is 3.30. The molecule has 0 aliphatic carbocycles. The van der Waals surface area contributed by atoms with Crippen molar-refractivity contribution in [3.63, 3.8) is 0 Å². The lowest BCUT2D eigenvalue weighted by atomic mass is 10.2. The summed E-state index contributed by atoms with van der Waals surface area (Å²) in [6, 6.07) is 12.3. The first kappa shape index (κ1) is 18.2. The molecule has 0 spiro atoms. The largest absolute Gasteiger partial charge is 0.493 e. The van der Waals surface area contributed by atoms with Crippen molar-refractivity contribution < 1.29 is 18.6 Å². The van der Waals surface area contributed by atoms with Crippen LogP contribution in [-0.4, -0.2) is 27.4 Å². The molecule has 0 amide bonds. The molecule has 0 aliphatic rings. The van der Waals surface area contributed by atoms with Crippen molar-refractivity contribution in [2.75, 3.05) is 27.4 Å². The molecule has 0 fully saturated rings. The summed E-state index contributed by atoms with van der Waals surface area (Å²) in [6.45, 7) is 2.55. The summed E-state index contributed by atoms with van der Waals surface area (Å²) in [5, 5.41) is 3.35. The predicted octanol–water partition coefficient (Wildman–Crippen LogP) is 3.54. The Hall–Kier alpha value is -2.11. The minimum Gasteiger partial charge on any atom is -0.493 e. The van der Waals surface area contributed by atoms with Crippen LogP contribution in [0.15, 0.2) is 42.5 Å². The molecular weight excluding hydrogens is 309 g/mol. The van der Waals surface area contributed by atoms with Crippen LogP contribution in [0.3, 0.4) is 0 Å². The van der Waals surface area contributed by atoms with Crippen LogP contribution < -0.4 is 14.8 Å². The Balaban J connectivity index is 1.92. The average molecular weight is 333 g/mol. The molecule has 0 radical (unpaired) electrons. The summed E-state index contributed by atoms with van der Waals surface area (Å²) in [5.74, 6) is 0.972. The van der Waals surface area contributed by atoms with Crippen molar-refractivity contribution in [2.45, 2.75) is 19.6 Å². The highest BCUT2D eigenvalue weighted by atomic mass is 19.1. The Morgan fingerprint density at radius 1 is 1.04 bits per heavy atom. The fourth-order valence-corrected chi connectivity index (χ4v) is 2.29. The maximum absolute atomic E-state index is 13.6. The van der Waals surface area contributed by atoms with Gasteiger partial charge in [-0.1, -0.05) is 24.3 Å². The summed E-state index contributed by atoms with van der Waals surface area (Å²) in [4.78, 5) is 0. The molecule has 2 rings (SSSR count). The highest BCUT2D eigenvalue weighted by Gasteiger charge is 2.08. The molecule has 0 saturated carbocycles. The fourth-order valence-electron chi connectivity index (χ4n) is 2.29. The van der Waals surface area contributed by atoms with Gasteiger partial charge in [0.25, 0.3) is 0 Å². The van der Waals surface area contributed by atoms with E-state index in [2.05, 4.69) is 5.32 Å². The Kier molecular flexibility index (Phi) is 7.52. The van der Waals surface area contributed by atoms with E-state index in [-0.39, 0.29) is 12.4 Å². The van der Waals surface area contributed by atoms with Gasteiger partial charge < -0.3 is 19.5 Å². The molecular formula is C19H24FNO3. The Bertz CT molecular complexity index is 634. The fraction of sp³-hybridized carbons (Fsp3) is 0.368. The number of ether oxygens (including phenoxy) is 3. The number of hydrogen-bond donors (Lipinski definition) is 1. The molecule has 5 heteroatoms. The van der Waals surface area contributed by atoms with E-state index >= 15 is 0 Å². The third-order valence-electron chi connectivity index (χ3n) is 3.60. The quantitative estimate of drug-likeness (QED) is 0.675. The van der Waals surface area contributed by atoms with Crippen molar-refractivity contribution in [3.8, 4) is 11.5 Å². The van der Waals surface area contributed by atoms with Crippen molar-refractivity contribution in [1.82, 2.24) is 5.32 Å². The van der Waals surface area contributed by atoms with E-state index in [1.807, 2.05) is 18.2 Å². The second kappa shape index (κ2) is 9.90. The first-order valence-electron chi connectivity index (χ1n) is 7.97. The smallest absolute Gasteiger partial charge is 0.161 e. The van der Waals surface area contributed by atoms with E-state index in [9.17, 15) is 4.39 Å². The molecule has 24 heavy (non-hydrogen) atoms. The lowest BCUT2D eigenvalue weighted by Gasteiger charge is -2.13. The minimum atomic E-state index is -0.270. The van der Waals surface area contributed by atoms with Gasteiger partial charge in [0, 0.05) is 25.8 Å². The topological polar surface area (TPSA) is 39.7 Å². The maximum Gasteiger partial charge on any atom is 0.161 e. The average Bonchev–Trinajstić information content (AvgIpc) is 2.61. The Labute approximate surface area is 142 Å². The summed E-state index contributed by atoms with van der Waals surface area (Å²) in [6.07, 6.45) is 0.970. The number of nitrogens with one attached hydrogen (secondary N) is 1. The van der Waals surface area contributed by atoms with Crippen LogP contribution in [0.5, 0.6) is 11.5 Å². The van der Waals surface area contributed by atoms with Crippen LogP contribution in [-0.2, 0) is 17.9 Å². The molecule has 2 aromatic rings. The second-order valence-electron chi connectivity index (χ2n) is 5.39. The number of benzene rings is 2. The highest BCUT2D eigenvalue weighted by Crippen LogP contribution is 2.29. The summed E-state index contributed by atoms with van der Waals surface area (Å²) >= 11 is 0. The zero-order chi connectivity index (χ0) is 17.2. The van der Waals surface area contributed by atoms with Crippen LogP contribution in [0.1, 0.15) is 17.5 Å². The van der Waals surface area contributed by atoms with Gasteiger partial charge in [-0.2, -0.15) is 0 Å². The van der Waals surface area contributed by atoms with Gasteiger partial charge >= 0.3 is 0 Å². The third-order valence-corrected chi connectivity index (χ3v) is 3.60. The molecule has 0 bridgehead atoms. The predicted molar refractivity (Wildman–Crippen MR) is 91.9 cm³/mol. The van der Waals surface area contributed by atoms with Crippen molar-refractivity contribution in [2.24, 2.45) is 0 Å². The van der Waals surface area contributed by atoms with E-state index in [1.54, 1.807) is 32.4 Å². The van der Waals surface area contributed by atoms with Crippen LogP contribution in [0.4, 0.5) is 4.39 Å². The summed E-state index contributed by atoms with van der Waals surface area (Å²) < 4.78 is 29.7. The first-order chi connectivity index (χ1) is 11.7. The van der Waals surface area contributed by atoms with Crippen molar-refractivity contribution in [3.05, 3.63) is 59.4 Å². The molecule has 0 saturated heterocycles. The number of hydrogen-bond acceptors (Lipinski definition) is 4. The maximum atomic E-state index is 13.6. The third kappa shape index (κ3) is 5.51. The normalized spacial score (nSPS) is 10.6. The minimum absolute atomic E-state index is 0.164. The molecule has 2 aromatic carbocycles. The van der Waals surface area contributed by atoms with Gasteiger partial charge in [-0.25, -0.2) is 4.39 Å². The zero-order valence-corrected chi connectivity index (χ0v) is 14.2. The van der Waals surface area contributed by atoms with Crippen LogP contribution >= 0.6 is 0 Å². The van der Waals surface area contributed by atoms with Crippen LogP contribution in [0.2, 0.25) is 0 Å². The van der Waals surface area contributed by atoms with E-state index in [4.69, 9.17) is 14.2 Å². The molecule has 4 nitrogen and oxygen atoms in total. The van der Waals surface area contributed by atoms with E-state index < -0.39 is 0 Å². The highest BCUT2D eigenvalue weighted by molar-refractivity contribution is 5.43. The van der Waals surface area contributed by atoms with Gasteiger partial charge in [0.2, 0.25) is 0 Å². The van der Waals surface area contributed by atoms with Gasteiger partial charge in [0.05, 0.1) is 7.11 Å². The second-order valence-corrected chi connectivity index (χ2v) is 5.39. The lowest BCUT2D eigenvalue weighted by Crippen LogP contribution is -2.16.